The Morgan fingerprint density at radius 2 is 2.30 bits per heavy atom. The van der Waals surface area contributed by atoms with Gasteiger partial charge in [0.25, 0.3) is 5.91 Å². The van der Waals surface area contributed by atoms with E-state index in [2.05, 4.69) is 22.1 Å². The number of hydrogen-bond donors (Lipinski definition) is 2. The average Bonchev–Trinajstić information content (AvgIpc) is 2.45. The summed E-state index contributed by atoms with van der Waals surface area (Å²) in [5.41, 5.74) is 6.07. The third-order valence-corrected chi connectivity index (χ3v) is 3.36. The van der Waals surface area contributed by atoms with Crippen LogP contribution in [0, 0.1) is 11.8 Å². The number of carbonyl (C=O) groups excluding carboxylic acids is 1. The number of amides is 1. The lowest BCUT2D eigenvalue weighted by atomic mass is 9.92. The lowest BCUT2D eigenvalue weighted by Gasteiger charge is -2.34. The van der Waals surface area contributed by atoms with Crippen LogP contribution in [0.3, 0.4) is 0 Å². The van der Waals surface area contributed by atoms with Crippen molar-refractivity contribution in [3.8, 4) is 11.8 Å². The number of nitrogens with two attached hydrogens (primary N) is 1. The van der Waals surface area contributed by atoms with Crippen LogP contribution in [0.1, 0.15) is 35.8 Å². The SMILES string of the molecule is CC1(NC(=O)c2ncccc2C#CCN)CCOCC1. The van der Waals surface area contributed by atoms with Crippen molar-refractivity contribution in [2.45, 2.75) is 25.3 Å². The van der Waals surface area contributed by atoms with E-state index < -0.39 is 0 Å². The summed E-state index contributed by atoms with van der Waals surface area (Å²) < 4.78 is 5.33. The zero-order valence-electron chi connectivity index (χ0n) is 11.6. The van der Waals surface area contributed by atoms with Crippen LogP contribution < -0.4 is 11.1 Å². The number of nitrogens with zero attached hydrogens (tertiary/aromatic N) is 1. The molecule has 20 heavy (non-hydrogen) atoms. The summed E-state index contributed by atoms with van der Waals surface area (Å²) in [4.78, 5) is 16.5. The normalized spacial score (nSPS) is 16.9. The van der Waals surface area contributed by atoms with Crippen molar-refractivity contribution in [2.75, 3.05) is 19.8 Å². The molecule has 1 amide bonds. The molecule has 106 valence electrons. The van der Waals surface area contributed by atoms with Crippen molar-refractivity contribution >= 4 is 5.91 Å². The predicted octanol–water partition coefficient (Wildman–Crippen LogP) is 0.691. The van der Waals surface area contributed by atoms with E-state index in [1.807, 2.05) is 6.92 Å². The van der Waals surface area contributed by atoms with Gasteiger partial charge in [-0.3, -0.25) is 4.79 Å². The largest absolute Gasteiger partial charge is 0.381 e. The summed E-state index contributed by atoms with van der Waals surface area (Å²) in [6.45, 7) is 3.62. The van der Waals surface area contributed by atoms with Gasteiger partial charge in [-0.15, -0.1) is 0 Å². The molecule has 0 saturated carbocycles. The molecule has 3 N–H and O–H groups in total. The summed E-state index contributed by atoms with van der Waals surface area (Å²) in [7, 11) is 0. The maximum absolute atomic E-state index is 12.4. The van der Waals surface area contributed by atoms with Gasteiger partial charge in [-0.2, -0.15) is 0 Å². The number of pyridine rings is 1. The van der Waals surface area contributed by atoms with E-state index in [4.69, 9.17) is 10.5 Å². The Balaban J connectivity index is 2.16. The highest BCUT2D eigenvalue weighted by molar-refractivity contribution is 5.95. The lowest BCUT2D eigenvalue weighted by Crippen LogP contribution is -2.49. The van der Waals surface area contributed by atoms with Gasteiger partial charge in [0.15, 0.2) is 0 Å². The minimum absolute atomic E-state index is 0.198. The van der Waals surface area contributed by atoms with Gasteiger partial charge in [-0.25, -0.2) is 4.98 Å². The minimum atomic E-state index is -0.245. The van der Waals surface area contributed by atoms with Crippen LogP contribution in [-0.2, 0) is 4.74 Å². The second-order valence-electron chi connectivity index (χ2n) is 5.03. The van der Waals surface area contributed by atoms with Gasteiger partial charge in [0, 0.05) is 24.9 Å². The molecule has 5 nitrogen and oxygen atoms in total. The molecular weight excluding hydrogens is 254 g/mol. The van der Waals surface area contributed by atoms with Crippen LogP contribution >= 0.6 is 0 Å². The Kier molecular flexibility index (Phi) is 4.72. The highest BCUT2D eigenvalue weighted by Gasteiger charge is 2.30. The molecule has 0 unspecified atom stereocenters. The van der Waals surface area contributed by atoms with Crippen LogP contribution in [0.4, 0.5) is 0 Å². The monoisotopic (exact) mass is 273 g/mol. The number of rotatable bonds is 2. The zero-order valence-corrected chi connectivity index (χ0v) is 11.6. The van der Waals surface area contributed by atoms with Crippen LogP contribution in [0.15, 0.2) is 18.3 Å². The second kappa shape index (κ2) is 6.51. The highest BCUT2D eigenvalue weighted by atomic mass is 16.5. The van der Waals surface area contributed by atoms with E-state index in [0.717, 1.165) is 12.8 Å². The van der Waals surface area contributed by atoms with Gasteiger partial charge >= 0.3 is 0 Å². The van der Waals surface area contributed by atoms with Gasteiger partial charge < -0.3 is 15.8 Å². The standard InChI is InChI=1S/C15H19N3O2/c1-15(6-10-20-11-7-15)18-14(19)13-12(4-2-8-16)5-3-9-17-13/h3,5,9H,6-8,10-11,16H2,1H3,(H,18,19). The molecule has 1 saturated heterocycles. The fourth-order valence-electron chi connectivity index (χ4n) is 2.11. The summed E-state index contributed by atoms with van der Waals surface area (Å²) in [5, 5.41) is 3.05. The third kappa shape index (κ3) is 3.56. The molecule has 1 aliphatic heterocycles. The topological polar surface area (TPSA) is 77.2 Å². The summed E-state index contributed by atoms with van der Waals surface area (Å²) in [6, 6.07) is 3.53. The van der Waals surface area contributed by atoms with Crippen molar-refractivity contribution < 1.29 is 9.53 Å². The number of ether oxygens (including phenoxy) is 1. The molecule has 1 aliphatic rings. The first kappa shape index (κ1) is 14.5. The maximum atomic E-state index is 12.4. The van der Waals surface area contributed by atoms with Gasteiger partial charge in [-0.05, 0) is 31.9 Å². The number of carbonyl (C=O) groups is 1. The molecule has 1 aromatic heterocycles. The molecular formula is C15H19N3O2. The first-order chi connectivity index (χ1) is 9.64. The lowest BCUT2D eigenvalue weighted by molar-refractivity contribution is 0.0421. The van der Waals surface area contributed by atoms with Crippen LogP contribution in [0.5, 0.6) is 0 Å². The smallest absolute Gasteiger partial charge is 0.271 e. The Hall–Kier alpha value is -1.90. The number of hydrogen-bond acceptors (Lipinski definition) is 4. The average molecular weight is 273 g/mol. The Morgan fingerprint density at radius 1 is 1.55 bits per heavy atom. The van der Waals surface area contributed by atoms with E-state index in [0.29, 0.717) is 24.5 Å². The summed E-state index contributed by atoms with van der Waals surface area (Å²) >= 11 is 0. The van der Waals surface area contributed by atoms with E-state index >= 15 is 0 Å². The molecule has 2 heterocycles. The van der Waals surface area contributed by atoms with Crippen LogP contribution in [0.2, 0.25) is 0 Å². The molecule has 0 spiro atoms. The second-order valence-corrected chi connectivity index (χ2v) is 5.03. The molecule has 0 aliphatic carbocycles. The van der Waals surface area contributed by atoms with Crippen molar-refractivity contribution in [2.24, 2.45) is 5.73 Å². The van der Waals surface area contributed by atoms with Crippen molar-refractivity contribution in [3.05, 3.63) is 29.6 Å². The van der Waals surface area contributed by atoms with Gasteiger partial charge in [0.1, 0.15) is 5.69 Å². The van der Waals surface area contributed by atoms with Gasteiger partial charge in [0.2, 0.25) is 0 Å². The summed E-state index contributed by atoms with van der Waals surface area (Å²) in [5.74, 6) is 5.43. The van der Waals surface area contributed by atoms with E-state index in [9.17, 15) is 4.79 Å². The minimum Gasteiger partial charge on any atom is -0.381 e. The zero-order chi connectivity index (χ0) is 14.4. The summed E-state index contributed by atoms with van der Waals surface area (Å²) in [6.07, 6.45) is 3.19. The molecule has 0 radical (unpaired) electrons. The highest BCUT2D eigenvalue weighted by Crippen LogP contribution is 2.20. The van der Waals surface area contributed by atoms with E-state index in [1.165, 1.54) is 0 Å². The van der Waals surface area contributed by atoms with Crippen molar-refractivity contribution in [3.63, 3.8) is 0 Å². The number of nitrogens with one attached hydrogen (secondary N) is 1. The molecule has 2 rings (SSSR count). The van der Waals surface area contributed by atoms with Crippen molar-refractivity contribution in [1.29, 1.82) is 0 Å². The fraction of sp³-hybridized carbons (Fsp3) is 0.467. The quantitative estimate of drug-likeness (QED) is 0.777. The number of aromatic nitrogens is 1. The molecule has 0 aromatic carbocycles. The molecule has 5 heteroatoms. The third-order valence-electron chi connectivity index (χ3n) is 3.36. The fourth-order valence-corrected chi connectivity index (χ4v) is 2.11. The predicted molar refractivity (Wildman–Crippen MR) is 76.1 cm³/mol. The van der Waals surface area contributed by atoms with Crippen LogP contribution in [-0.4, -0.2) is 36.2 Å². The maximum Gasteiger partial charge on any atom is 0.271 e. The van der Waals surface area contributed by atoms with E-state index in [1.54, 1.807) is 18.3 Å². The first-order valence-electron chi connectivity index (χ1n) is 6.69. The van der Waals surface area contributed by atoms with E-state index in [-0.39, 0.29) is 18.0 Å². The Labute approximate surface area is 118 Å². The molecule has 0 atom stereocenters. The Morgan fingerprint density at radius 3 is 3.00 bits per heavy atom. The first-order valence-corrected chi connectivity index (χ1v) is 6.69. The molecule has 1 aromatic rings. The van der Waals surface area contributed by atoms with Crippen LogP contribution in [0.25, 0.3) is 0 Å². The van der Waals surface area contributed by atoms with Gasteiger partial charge in [-0.1, -0.05) is 11.8 Å². The molecule has 1 fully saturated rings. The van der Waals surface area contributed by atoms with Gasteiger partial charge in [0.05, 0.1) is 12.1 Å². The molecule has 0 bridgehead atoms. The Bertz CT molecular complexity index is 540. The van der Waals surface area contributed by atoms with Crippen molar-refractivity contribution in [1.82, 2.24) is 10.3 Å².